The zero-order chi connectivity index (χ0) is 39.5. The predicted molar refractivity (Wildman–Crippen MR) is 212 cm³/mol. The van der Waals surface area contributed by atoms with Gasteiger partial charge < -0.3 is 29.7 Å². The number of hydrogen-bond donors (Lipinski definition) is 2. The number of piperidine rings is 3. The van der Waals surface area contributed by atoms with E-state index in [1.807, 2.05) is 29.2 Å². The van der Waals surface area contributed by atoms with Crippen LogP contribution in [0.25, 0.3) is 5.65 Å². The van der Waals surface area contributed by atoms with Crippen LogP contribution < -0.4 is 20.3 Å². The van der Waals surface area contributed by atoms with Gasteiger partial charge in [0, 0.05) is 87.5 Å². The summed E-state index contributed by atoms with van der Waals surface area (Å²) in [6.07, 6.45) is 11.7. The van der Waals surface area contributed by atoms with Crippen LogP contribution in [-0.2, 0) is 22.7 Å². The van der Waals surface area contributed by atoms with Crippen molar-refractivity contribution in [1.82, 2.24) is 34.6 Å². The number of nitrogens with one attached hydrogen (secondary N) is 2. The van der Waals surface area contributed by atoms with Crippen LogP contribution in [0, 0.1) is 11.8 Å². The number of aromatic nitrogens is 3. The maximum atomic E-state index is 13.9. The SMILES string of the molecule is O=C1CCC(N2Cc3cc(N4CCC(CN5CCC(N6Cc7cc(NC(=O)c8cnn9cccnc89)c(OCC8CC8)cc7C6=O)CC5)CC4)ccc3C2=O)C(=O)N1. The predicted octanol–water partition coefficient (Wildman–Crippen LogP) is 3.87. The minimum absolute atomic E-state index is 0.0291. The van der Waals surface area contributed by atoms with Gasteiger partial charge in [-0.25, -0.2) is 9.50 Å². The van der Waals surface area contributed by atoms with Crippen molar-refractivity contribution in [2.45, 2.75) is 76.5 Å². The van der Waals surface area contributed by atoms with Gasteiger partial charge in [0.25, 0.3) is 17.7 Å². The quantitative estimate of drug-likeness (QED) is 0.226. The number of fused-ring (bicyclic) bond motifs is 3. The van der Waals surface area contributed by atoms with Gasteiger partial charge in [-0.1, -0.05) is 0 Å². The molecule has 5 amide bonds. The number of rotatable bonds is 10. The lowest BCUT2D eigenvalue weighted by Crippen LogP contribution is -2.52. The molecule has 7 heterocycles. The number of likely N-dealkylation sites (tertiary alicyclic amines) is 1. The molecule has 4 aromatic rings. The standard InChI is InChI=1S/C43H47N9O6/c53-38-7-6-36(41(55)47-38)51-24-28-18-31(4-5-32(28)42(51)56)49-16-8-26(9-17-49)22-48-14-10-30(11-15-48)50-23-29-19-35(37(20-33(29)43(50)57)58-25-27-2-3-27)46-40(54)34-21-45-52-13-1-12-44-39(34)52/h1,4-5,12-13,18-21,26-27,30,36H,2-3,6-11,14-17,22-25H2,(H,46,54)(H,47,53,55). The minimum atomic E-state index is -0.609. The maximum absolute atomic E-state index is 13.9. The van der Waals surface area contributed by atoms with Crippen molar-refractivity contribution in [1.29, 1.82) is 0 Å². The van der Waals surface area contributed by atoms with Crippen molar-refractivity contribution < 1.29 is 28.7 Å². The third-order valence-electron chi connectivity index (χ3n) is 13.0. The monoisotopic (exact) mass is 785 g/mol. The zero-order valence-electron chi connectivity index (χ0n) is 32.4. The first kappa shape index (κ1) is 36.5. The van der Waals surface area contributed by atoms with E-state index in [0.717, 1.165) is 88.1 Å². The van der Waals surface area contributed by atoms with Crippen LogP contribution in [0.2, 0.25) is 0 Å². The molecule has 2 N–H and O–H groups in total. The highest BCUT2D eigenvalue weighted by atomic mass is 16.5. The van der Waals surface area contributed by atoms with Crippen molar-refractivity contribution in [3.8, 4) is 5.75 Å². The number of hydrogen-bond acceptors (Lipinski definition) is 10. The van der Waals surface area contributed by atoms with Crippen LogP contribution >= 0.6 is 0 Å². The second-order valence-electron chi connectivity index (χ2n) is 16.8. The molecular formula is C43H47N9O6. The molecule has 6 aliphatic rings. The number of carbonyl (C=O) groups is 5. The molecular weight excluding hydrogens is 739 g/mol. The lowest BCUT2D eigenvalue weighted by atomic mass is 9.94. The van der Waals surface area contributed by atoms with E-state index < -0.39 is 6.04 Å². The number of carbonyl (C=O) groups excluding carboxylic acids is 5. The van der Waals surface area contributed by atoms with E-state index in [-0.39, 0.29) is 42.0 Å². The Balaban J connectivity index is 0.729. The topological polar surface area (TPSA) is 162 Å². The Morgan fingerprint density at radius 1 is 0.845 bits per heavy atom. The molecule has 1 unspecified atom stereocenters. The second-order valence-corrected chi connectivity index (χ2v) is 16.8. The van der Waals surface area contributed by atoms with Gasteiger partial charge >= 0.3 is 0 Å². The van der Waals surface area contributed by atoms with Crippen molar-refractivity contribution in [2.75, 3.05) is 49.5 Å². The van der Waals surface area contributed by atoms with Gasteiger partial charge in [0.2, 0.25) is 11.8 Å². The summed E-state index contributed by atoms with van der Waals surface area (Å²) in [5.41, 5.74) is 5.61. The highest BCUT2D eigenvalue weighted by Crippen LogP contribution is 2.39. The smallest absolute Gasteiger partial charge is 0.261 e. The van der Waals surface area contributed by atoms with E-state index in [0.29, 0.717) is 71.7 Å². The van der Waals surface area contributed by atoms with Gasteiger partial charge in [0.05, 0.1) is 18.5 Å². The van der Waals surface area contributed by atoms with Crippen LogP contribution in [-0.4, -0.2) is 110 Å². The Kier molecular flexibility index (Phi) is 9.34. The third-order valence-corrected chi connectivity index (χ3v) is 13.0. The summed E-state index contributed by atoms with van der Waals surface area (Å²) in [6.45, 7) is 6.25. The summed E-state index contributed by atoms with van der Waals surface area (Å²) in [6, 6.07) is 11.0. The molecule has 1 saturated carbocycles. The summed E-state index contributed by atoms with van der Waals surface area (Å²) in [5.74, 6) is 0.490. The Bertz CT molecular complexity index is 2320. The van der Waals surface area contributed by atoms with Gasteiger partial charge in [-0.2, -0.15) is 5.10 Å². The van der Waals surface area contributed by atoms with E-state index in [9.17, 15) is 24.0 Å². The lowest BCUT2D eigenvalue weighted by molar-refractivity contribution is -0.136. The van der Waals surface area contributed by atoms with Crippen molar-refractivity contribution in [3.05, 3.63) is 82.8 Å². The fourth-order valence-corrected chi connectivity index (χ4v) is 9.46. The van der Waals surface area contributed by atoms with Gasteiger partial charge in [0.15, 0.2) is 5.65 Å². The molecule has 3 saturated heterocycles. The molecule has 10 rings (SSSR count). The maximum Gasteiger partial charge on any atom is 0.261 e. The van der Waals surface area contributed by atoms with Gasteiger partial charge in [0.1, 0.15) is 17.4 Å². The summed E-state index contributed by atoms with van der Waals surface area (Å²) in [7, 11) is 0. The molecule has 2 aromatic heterocycles. The molecule has 0 radical (unpaired) electrons. The van der Waals surface area contributed by atoms with E-state index >= 15 is 0 Å². The van der Waals surface area contributed by atoms with Crippen molar-refractivity contribution >= 4 is 46.6 Å². The Morgan fingerprint density at radius 3 is 2.41 bits per heavy atom. The van der Waals surface area contributed by atoms with E-state index in [1.165, 1.54) is 6.20 Å². The molecule has 5 aliphatic heterocycles. The molecule has 1 atom stereocenters. The van der Waals surface area contributed by atoms with E-state index in [4.69, 9.17) is 4.74 Å². The zero-order valence-corrected chi connectivity index (χ0v) is 32.4. The number of nitrogens with zero attached hydrogens (tertiary/aromatic N) is 7. The number of anilines is 2. The number of benzene rings is 2. The molecule has 58 heavy (non-hydrogen) atoms. The first-order valence-corrected chi connectivity index (χ1v) is 20.7. The van der Waals surface area contributed by atoms with Crippen LogP contribution in [0.4, 0.5) is 11.4 Å². The van der Waals surface area contributed by atoms with Gasteiger partial charge in [-0.05, 0) is 104 Å². The van der Waals surface area contributed by atoms with E-state index in [1.54, 1.807) is 27.9 Å². The van der Waals surface area contributed by atoms with E-state index in [2.05, 4.69) is 36.6 Å². The van der Waals surface area contributed by atoms with Crippen molar-refractivity contribution in [3.63, 3.8) is 0 Å². The van der Waals surface area contributed by atoms with Gasteiger partial charge in [-0.3, -0.25) is 29.3 Å². The highest BCUT2D eigenvalue weighted by molar-refractivity contribution is 6.09. The summed E-state index contributed by atoms with van der Waals surface area (Å²) < 4.78 is 7.79. The molecule has 15 heteroatoms. The molecule has 2 aromatic carbocycles. The van der Waals surface area contributed by atoms with Gasteiger partial charge in [-0.15, -0.1) is 0 Å². The minimum Gasteiger partial charge on any atom is -0.491 e. The first-order valence-electron chi connectivity index (χ1n) is 20.7. The molecule has 0 spiro atoms. The number of imide groups is 1. The fraction of sp³-hybridized carbons (Fsp3) is 0.465. The summed E-state index contributed by atoms with van der Waals surface area (Å²) in [5, 5.41) is 9.68. The average molecular weight is 786 g/mol. The second kappa shape index (κ2) is 14.8. The normalized spacial score (nSPS) is 21.8. The van der Waals surface area contributed by atoms with Crippen LogP contribution in [0.15, 0.2) is 55.0 Å². The van der Waals surface area contributed by atoms with Crippen molar-refractivity contribution in [2.24, 2.45) is 11.8 Å². The Morgan fingerprint density at radius 2 is 1.62 bits per heavy atom. The summed E-state index contributed by atoms with van der Waals surface area (Å²) >= 11 is 0. The fourth-order valence-electron chi connectivity index (χ4n) is 9.46. The third kappa shape index (κ3) is 6.94. The number of amides is 5. The Labute approximate surface area is 335 Å². The lowest BCUT2D eigenvalue weighted by Gasteiger charge is -2.40. The average Bonchev–Trinajstić information content (AvgIpc) is 3.75. The molecule has 1 aliphatic carbocycles. The van der Waals surface area contributed by atoms with Crippen LogP contribution in [0.3, 0.4) is 0 Å². The van der Waals surface area contributed by atoms with Crippen LogP contribution in [0.5, 0.6) is 5.75 Å². The summed E-state index contributed by atoms with van der Waals surface area (Å²) in [4.78, 5) is 77.6. The highest BCUT2D eigenvalue weighted by Gasteiger charge is 2.40. The largest absolute Gasteiger partial charge is 0.491 e. The first-order chi connectivity index (χ1) is 28.3. The van der Waals surface area contributed by atoms with Crippen LogP contribution in [0.1, 0.15) is 93.6 Å². The Hall–Kier alpha value is -5.83. The molecule has 300 valence electrons. The molecule has 4 fully saturated rings. The molecule has 0 bridgehead atoms. The number of ether oxygens (including phenoxy) is 1. The molecule has 15 nitrogen and oxygen atoms in total.